The average Bonchev–Trinajstić information content (AvgIpc) is 2.31. The van der Waals surface area contributed by atoms with Crippen LogP contribution in [0, 0.1) is 11.6 Å². The number of carbonyl (C=O) groups excluding carboxylic acids is 2. The number of ether oxygens (including phenoxy) is 1. The van der Waals surface area contributed by atoms with Crippen molar-refractivity contribution in [2.75, 3.05) is 12.9 Å². The van der Waals surface area contributed by atoms with Gasteiger partial charge in [0.15, 0.2) is 0 Å². The van der Waals surface area contributed by atoms with Gasteiger partial charge in [-0.15, -0.1) is 11.8 Å². The molecule has 0 atom stereocenters. The zero-order chi connectivity index (χ0) is 13.0. The van der Waals surface area contributed by atoms with Crippen molar-refractivity contribution in [3.63, 3.8) is 0 Å². The van der Waals surface area contributed by atoms with Crippen LogP contribution in [-0.2, 0) is 9.53 Å². The van der Waals surface area contributed by atoms with Crippen molar-refractivity contribution in [3.05, 3.63) is 29.3 Å². The van der Waals surface area contributed by atoms with Crippen LogP contribution in [-0.4, -0.2) is 24.6 Å². The van der Waals surface area contributed by atoms with Gasteiger partial charge in [-0.05, 0) is 25.3 Å². The predicted octanol–water partition coefficient (Wildman–Crippen LogP) is 2.43. The van der Waals surface area contributed by atoms with Gasteiger partial charge in [-0.25, -0.2) is 13.6 Å². The normalized spacial score (nSPS) is 10.1. The van der Waals surface area contributed by atoms with E-state index in [2.05, 4.69) is 4.74 Å². The van der Waals surface area contributed by atoms with Gasteiger partial charge < -0.3 is 4.74 Å². The third kappa shape index (κ3) is 3.03. The van der Waals surface area contributed by atoms with E-state index in [4.69, 9.17) is 0 Å². The van der Waals surface area contributed by atoms with Crippen LogP contribution in [0.1, 0.15) is 17.3 Å². The van der Waals surface area contributed by atoms with Crippen LogP contribution in [0.4, 0.5) is 8.78 Å². The molecule has 0 aliphatic carbocycles. The Morgan fingerprint density at radius 1 is 1.35 bits per heavy atom. The Balaban J connectivity index is 3.17. The first-order chi connectivity index (χ1) is 8.01. The number of halogens is 2. The highest BCUT2D eigenvalue weighted by molar-refractivity contribution is 7.98. The number of Topliss-reactive ketones (excluding diaryl/α,β-unsaturated/α-hetero) is 1. The maximum atomic E-state index is 13.7. The molecule has 1 rings (SSSR count). The highest BCUT2D eigenvalue weighted by Gasteiger charge is 2.24. The summed E-state index contributed by atoms with van der Waals surface area (Å²) in [5.74, 6) is -4.05. The van der Waals surface area contributed by atoms with E-state index in [0.29, 0.717) is 6.07 Å². The van der Waals surface area contributed by atoms with Crippen molar-refractivity contribution in [1.82, 2.24) is 0 Å². The molecule has 0 saturated carbocycles. The minimum Gasteiger partial charge on any atom is -0.460 e. The largest absolute Gasteiger partial charge is 0.460 e. The number of carbonyl (C=O) groups is 2. The van der Waals surface area contributed by atoms with Gasteiger partial charge in [0, 0.05) is 4.90 Å². The zero-order valence-electron chi connectivity index (χ0n) is 9.25. The Morgan fingerprint density at radius 2 is 2.00 bits per heavy atom. The number of esters is 1. The van der Waals surface area contributed by atoms with E-state index in [-0.39, 0.29) is 11.5 Å². The molecule has 3 nitrogen and oxygen atoms in total. The molecule has 0 unspecified atom stereocenters. The van der Waals surface area contributed by atoms with Gasteiger partial charge in [0.1, 0.15) is 11.6 Å². The molecular formula is C11H10F2O3S. The second-order valence-electron chi connectivity index (χ2n) is 3.02. The Labute approximate surface area is 101 Å². The van der Waals surface area contributed by atoms with Crippen LogP contribution in [0.5, 0.6) is 0 Å². The van der Waals surface area contributed by atoms with E-state index in [1.807, 2.05) is 0 Å². The lowest BCUT2D eigenvalue weighted by Crippen LogP contribution is -2.19. The molecule has 92 valence electrons. The molecule has 1 aromatic carbocycles. The van der Waals surface area contributed by atoms with E-state index in [9.17, 15) is 18.4 Å². The molecule has 6 heteroatoms. The summed E-state index contributed by atoms with van der Waals surface area (Å²) >= 11 is 0.947. The van der Waals surface area contributed by atoms with E-state index in [1.54, 1.807) is 0 Å². The quantitative estimate of drug-likeness (QED) is 0.361. The molecule has 0 heterocycles. The molecule has 0 bridgehead atoms. The molecule has 0 aliphatic rings. The summed E-state index contributed by atoms with van der Waals surface area (Å²) in [6, 6.07) is 1.65. The lowest BCUT2D eigenvalue weighted by atomic mass is 10.1. The molecule has 0 aliphatic heterocycles. The zero-order valence-corrected chi connectivity index (χ0v) is 10.1. The minimum absolute atomic E-state index is 0.00308. The number of rotatable bonds is 4. The van der Waals surface area contributed by atoms with Gasteiger partial charge in [-0.1, -0.05) is 0 Å². The first kappa shape index (κ1) is 13.6. The fraction of sp³-hybridized carbons (Fsp3) is 0.273. The maximum absolute atomic E-state index is 13.7. The first-order valence-electron chi connectivity index (χ1n) is 4.75. The van der Waals surface area contributed by atoms with Gasteiger partial charge in [0.2, 0.25) is 0 Å². The Hall–Kier alpha value is -1.43. The summed E-state index contributed by atoms with van der Waals surface area (Å²) in [7, 11) is 0. The molecule has 0 radical (unpaired) electrons. The number of hydrogen-bond donors (Lipinski definition) is 0. The summed E-state index contributed by atoms with van der Waals surface area (Å²) in [6.45, 7) is 1.51. The van der Waals surface area contributed by atoms with Crippen molar-refractivity contribution in [2.45, 2.75) is 11.8 Å². The Bertz CT molecular complexity index is 460. The second kappa shape index (κ2) is 5.77. The van der Waals surface area contributed by atoms with Crippen LogP contribution >= 0.6 is 11.8 Å². The van der Waals surface area contributed by atoms with E-state index in [1.165, 1.54) is 13.2 Å². The van der Waals surface area contributed by atoms with Gasteiger partial charge >= 0.3 is 5.97 Å². The van der Waals surface area contributed by atoms with Crippen LogP contribution in [0.15, 0.2) is 17.0 Å². The Morgan fingerprint density at radius 3 is 2.53 bits per heavy atom. The second-order valence-corrected chi connectivity index (χ2v) is 3.87. The molecule has 0 saturated heterocycles. The number of ketones is 1. The van der Waals surface area contributed by atoms with Crippen molar-refractivity contribution in [3.8, 4) is 0 Å². The fourth-order valence-corrected chi connectivity index (χ4v) is 1.70. The minimum atomic E-state index is -1.19. The van der Waals surface area contributed by atoms with E-state index >= 15 is 0 Å². The lowest BCUT2D eigenvalue weighted by Gasteiger charge is -2.06. The smallest absolute Gasteiger partial charge is 0.379 e. The van der Waals surface area contributed by atoms with Gasteiger partial charge in [0.25, 0.3) is 5.78 Å². The van der Waals surface area contributed by atoms with Crippen molar-refractivity contribution in [2.24, 2.45) is 0 Å². The predicted molar refractivity (Wildman–Crippen MR) is 59.1 cm³/mol. The molecule has 0 spiro atoms. The van der Waals surface area contributed by atoms with E-state index < -0.39 is 29.0 Å². The van der Waals surface area contributed by atoms with Gasteiger partial charge in [-0.2, -0.15) is 0 Å². The summed E-state index contributed by atoms with van der Waals surface area (Å²) in [5, 5.41) is 0. The SMILES string of the molecule is CCOC(=O)C(=O)c1cc(F)cc(SC)c1F. The monoisotopic (exact) mass is 260 g/mol. The molecular weight excluding hydrogens is 250 g/mol. The molecule has 0 aromatic heterocycles. The van der Waals surface area contributed by atoms with Crippen molar-refractivity contribution in [1.29, 1.82) is 0 Å². The number of benzene rings is 1. The van der Waals surface area contributed by atoms with Crippen LogP contribution in [0.25, 0.3) is 0 Å². The molecule has 0 N–H and O–H groups in total. The van der Waals surface area contributed by atoms with Crippen LogP contribution in [0.2, 0.25) is 0 Å². The summed E-state index contributed by atoms with van der Waals surface area (Å²) in [4.78, 5) is 22.6. The topological polar surface area (TPSA) is 43.4 Å². The summed E-state index contributed by atoms with van der Waals surface area (Å²) in [5.41, 5.74) is -0.604. The van der Waals surface area contributed by atoms with Gasteiger partial charge in [-0.3, -0.25) is 4.79 Å². The molecule has 17 heavy (non-hydrogen) atoms. The van der Waals surface area contributed by atoms with E-state index in [0.717, 1.165) is 17.8 Å². The standard InChI is InChI=1S/C11H10F2O3S/c1-3-16-11(15)10(14)7-4-6(12)5-8(17-2)9(7)13/h4-5H,3H2,1-2H3. The molecule has 0 fully saturated rings. The molecule has 1 aromatic rings. The average molecular weight is 260 g/mol. The van der Waals surface area contributed by atoms with Crippen molar-refractivity contribution < 1.29 is 23.1 Å². The lowest BCUT2D eigenvalue weighted by molar-refractivity contribution is -0.137. The summed E-state index contributed by atoms with van der Waals surface area (Å²) in [6.07, 6.45) is 1.54. The maximum Gasteiger partial charge on any atom is 0.379 e. The van der Waals surface area contributed by atoms with Crippen molar-refractivity contribution >= 4 is 23.5 Å². The number of thioether (sulfide) groups is 1. The molecule has 0 amide bonds. The number of hydrogen-bond acceptors (Lipinski definition) is 4. The fourth-order valence-electron chi connectivity index (χ4n) is 1.18. The summed E-state index contributed by atoms with van der Waals surface area (Å²) < 4.78 is 31.2. The first-order valence-corrected chi connectivity index (χ1v) is 5.98. The van der Waals surface area contributed by atoms with Gasteiger partial charge in [0.05, 0.1) is 12.2 Å². The highest BCUT2D eigenvalue weighted by atomic mass is 32.2. The third-order valence-electron chi connectivity index (χ3n) is 1.93. The third-order valence-corrected chi connectivity index (χ3v) is 2.67. The van der Waals surface area contributed by atoms with Crippen LogP contribution < -0.4 is 0 Å². The van der Waals surface area contributed by atoms with Crippen LogP contribution in [0.3, 0.4) is 0 Å². The Kier molecular flexibility index (Phi) is 4.62. The highest BCUT2D eigenvalue weighted by Crippen LogP contribution is 2.24.